The van der Waals surface area contributed by atoms with Crippen LogP contribution in [-0.2, 0) is 17.3 Å². The molecule has 5 aromatic carbocycles. The molecule has 7 rings (SSSR count). The van der Waals surface area contributed by atoms with Crippen LogP contribution in [0.25, 0.3) is 44.8 Å². The van der Waals surface area contributed by atoms with Gasteiger partial charge in [-0.2, -0.15) is 0 Å². The number of hydrogen-bond donors (Lipinski definition) is 1. The first-order chi connectivity index (χ1) is 26.2. The van der Waals surface area contributed by atoms with Crippen molar-refractivity contribution in [2.24, 2.45) is 0 Å². The van der Waals surface area contributed by atoms with Gasteiger partial charge in [0.1, 0.15) is 10.8 Å². The van der Waals surface area contributed by atoms with Gasteiger partial charge in [0.05, 0.1) is 11.4 Å². The van der Waals surface area contributed by atoms with E-state index in [1.54, 1.807) is 11.8 Å². The normalized spacial score (nSPS) is 11.9. The molecule has 0 saturated carbocycles. The molecule has 0 aliphatic rings. The lowest BCUT2D eigenvalue weighted by Gasteiger charge is -2.27. The summed E-state index contributed by atoms with van der Waals surface area (Å²) in [7, 11) is 0. The zero-order valence-electron chi connectivity index (χ0n) is 33.2. The monoisotopic (exact) mass is 738 g/mol. The van der Waals surface area contributed by atoms with Crippen molar-refractivity contribution in [1.82, 2.24) is 9.97 Å². The summed E-state index contributed by atoms with van der Waals surface area (Å²) in [5, 5.41) is 13.0. The van der Waals surface area contributed by atoms with Crippen LogP contribution < -0.4 is 0 Å². The summed E-state index contributed by atoms with van der Waals surface area (Å²) in [6.07, 6.45) is 2.73. The van der Waals surface area contributed by atoms with E-state index in [0.717, 1.165) is 66.7 Å². The smallest absolute Gasteiger partial charge is 0.128 e. The number of aromatic hydroxyl groups is 1. The van der Waals surface area contributed by atoms with Crippen LogP contribution in [0.3, 0.4) is 0 Å². The third-order valence-electron chi connectivity index (χ3n) is 10.3. The first kappa shape index (κ1) is 37.8. The molecule has 7 aromatic rings. The van der Waals surface area contributed by atoms with E-state index >= 15 is 0 Å². The summed E-state index contributed by atoms with van der Waals surface area (Å²) in [5.41, 5.74) is 14.5. The van der Waals surface area contributed by atoms with Crippen molar-refractivity contribution in [3.05, 3.63) is 173 Å². The predicted octanol–water partition coefficient (Wildman–Crippen LogP) is 13.8. The molecule has 0 saturated heterocycles. The molecule has 2 aromatic heterocycles. The molecule has 0 aliphatic carbocycles. The number of rotatable bonds is 8. The lowest BCUT2D eigenvalue weighted by Crippen LogP contribution is -2.17. The van der Waals surface area contributed by atoms with Gasteiger partial charge < -0.3 is 5.11 Å². The Morgan fingerprint density at radius 2 is 1.22 bits per heavy atom. The molecule has 4 heteroatoms. The minimum absolute atomic E-state index is 0.127. The van der Waals surface area contributed by atoms with Crippen LogP contribution in [0.4, 0.5) is 0 Å². The number of aromatic nitrogens is 2. The minimum Gasteiger partial charge on any atom is -0.507 e. The highest BCUT2D eigenvalue weighted by atomic mass is 32.2. The summed E-state index contributed by atoms with van der Waals surface area (Å²) in [5.74, 6) is 0.286. The molecular formula is C51H50N2OS. The topological polar surface area (TPSA) is 46.0 Å². The van der Waals surface area contributed by atoms with E-state index in [4.69, 9.17) is 4.98 Å². The summed E-state index contributed by atoms with van der Waals surface area (Å²) >= 11 is 1.65. The molecule has 0 amide bonds. The summed E-state index contributed by atoms with van der Waals surface area (Å²) in [4.78, 5) is 11.1. The maximum absolute atomic E-state index is 12.1. The molecule has 2 heterocycles. The maximum Gasteiger partial charge on any atom is 0.128 e. The van der Waals surface area contributed by atoms with Gasteiger partial charge in [-0.1, -0.05) is 138 Å². The Hall–Kier alpha value is -5.45. The zero-order valence-corrected chi connectivity index (χ0v) is 34.1. The fourth-order valence-corrected chi connectivity index (χ4v) is 8.09. The second-order valence-corrected chi connectivity index (χ2v) is 17.8. The molecule has 0 unspecified atom stereocenters. The van der Waals surface area contributed by atoms with Crippen LogP contribution in [0.1, 0.15) is 74.9 Å². The number of aryl methyl sites for hydroxylation is 2. The first-order valence-electron chi connectivity index (χ1n) is 19.1. The molecule has 55 heavy (non-hydrogen) atoms. The Morgan fingerprint density at radius 1 is 0.564 bits per heavy atom. The van der Waals surface area contributed by atoms with Crippen molar-refractivity contribution in [1.29, 1.82) is 0 Å². The summed E-state index contributed by atoms with van der Waals surface area (Å²) in [6, 6.07) is 47.4. The number of nitrogens with zero attached hydrogens (tertiary/aromatic N) is 2. The van der Waals surface area contributed by atoms with E-state index in [1.165, 1.54) is 27.8 Å². The molecule has 0 aliphatic heterocycles. The van der Waals surface area contributed by atoms with Gasteiger partial charge in [0, 0.05) is 27.8 Å². The largest absolute Gasteiger partial charge is 0.507 e. The fraction of sp³-hybridized carbons (Fsp3) is 0.216. The van der Waals surface area contributed by atoms with E-state index in [2.05, 4.69) is 176 Å². The van der Waals surface area contributed by atoms with Crippen LogP contribution in [0.5, 0.6) is 5.75 Å². The Labute approximate surface area is 331 Å². The predicted molar refractivity (Wildman–Crippen MR) is 232 cm³/mol. The second kappa shape index (κ2) is 15.4. The van der Waals surface area contributed by atoms with Crippen LogP contribution >= 0.6 is 11.8 Å². The third kappa shape index (κ3) is 8.61. The Bertz CT molecular complexity index is 2440. The molecule has 1 N–H and O–H groups in total. The van der Waals surface area contributed by atoms with Gasteiger partial charge in [0.2, 0.25) is 0 Å². The van der Waals surface area contributed by atoms with Gasteiger partial charge in [0.15, 0.2) is 0 Å². The van der Waals surface area contributed by atoms with E-state index in [9.17, 15) is 5.11 Å². The van der Waals surface area contributed by atoms with Crippen molar-refractivity contribution in [2.75, 3.05) is 0 Å². The lowest BCUT2D eigenvalue weighted by molar-refractivity contribution is 0.446. The van der Waals surface area contributed by atoms with Crippen molar-refractivity contribution in [2.45, 2.75) is 82.6 Å². The quantitative estimate of drug-likeness (QED) is 0.169. The highest BCUT2D eigenvalue weighted by Gasteiger charge is 2.27. The maximum atomic E-state index is 12.1. The van der Waals surface area contributed by atoms with Gasteiger partial charge >= 0.3 is 0 Å². The van der Waals surface area contributed by atoms with Crippen LogP contribution in [0.2, 0.25) is 0 Å². The lowest BCUT2D eigenvalue weighted by atomic mass is 9.78. The Morgan fingerprint density at radius 3 is 1.87 bits per heavy atom. The molecule has 276 valence electrons. The number of hydrogen-bond acceptors (Lipinski definition) is 4. The van der Waals surface area contributed by atoms with Crippen LogP contribution in [0, 0.1) is 13.8 Å². The highest BCUT2D eigenvalue weighted by molar-refractivity contribution is 7.99. The van der Waals surface area contributed by atoms with Gasteiger partial charge in [-0.05, 0) is 130 Å². The van der Waals surface area contributed by atoms with Crippen LogP contribution in [-0.4, -0.2) is 15.1 Å². The number of phenolic OH excluding ortho intramolecular Hbond substituents is 1. The third-order valence-corrected chi connectivity index (χ3v) is 11.2. The molecule has 0 fully saturated rings. The van der Waals surface area contributed by atoms with Gasteiger partial charge in [-0.25, -0.2) is 9.97 Å². The summed E-state index contributed by atoms with van der Waals surface area (Å²) < 4.78 is 0. The van der Waals surface area contributed by atoms with E-state index in [1.807, 2.05) is 24.4 Å². The number of phenols is 1. The van der Waals surface area contributed by atoms with Gasteiger partial charge in [-0.15, -0.1) is 0 Å². The molecular weight excluding hydrogens is 689 g/mol. The van der Waals surface area contributed by atoms with Gasteiger partial charge in [0.25, 0.3) is 0 Å². The fourth-order valence-electron chi connectivity index (χ4n) is 7.21. The SMILES string of the molecule is Cc1cccc(C)c1-c1cc(-c2cc(Sc3ccccn3)cc(-c3ccc(Cc4ccccc4)cc3)c2)nc(-c2cc(C(C)(C)C)cc(C(C)(C)C)c2O)c1. The van der Waals surface area contributed by atoms with Crippen molar-refractivity contribution >= 4 is 11.8 Å². The van der Waals surface area contributed by atoms with Crippen molar-refractivity contribution in [3.8, 4) is 50.5 Å². The molecule has 0 bridgehead atoms. The average Bonchev–Trinajstić information content (AvgIpc) is 3.15. The van der Waals surface area contributed by atoms with E-state index in [0.29, 0.717) is 0 Å². The molecule has 3 nitrogen and oxygen atoms in total. The van der Waals surface area contributed by atoms with E-state index in [-0.39, 0.29) is 16.6 Å². The molecule has 0 spiro atoms. The van der Waals surface area contributed by atoms with E-state index < -0.39 is 0 Å². The molecule has 0 atom stereocenters. The number of pyridine rings is 2. The minimum atomic E-state index is -0.268. The second-order valence-electron chi connectivity index (χ2n) is 16.7. The highest BCUT2D eigenvalue weighted by Crippen LogP contribution is 2.44. The number of benzene rings is 5. The Kier molecular flexibility index (Phi) is 10.6. The average molecular weight is 739 g/mol. The Balaban J connectivity index is 1.44. The molecule has 0 radical (unpaired) electrons. The van der Waals surface area contributed by atoms with Crippen molar-refractivity contribution < 1.29 is 5.11 Å². The standard InChI is InChI=1S/C51H50N2OS/c1-33-15-14-16-34(2)48(33)40-29-45(53-46(30-40)43-31-41(50(3,4)5)32-44(49(43)54)51(6,7)8)39-26-38(27-42(28-39)55-47-19-12-13-24-52-47)37-22-20-36(21-23-37)25-35-17-10-9-11-18-35/h9-24,26-32,54H,25H2,1-8H3. The van der Waals surface area contributed by atoms with Gasteiger partial charge in [-0.3, -0.25) is 0 Å². The zero-order chi connectivity index (χ0) is 38.9. The van der Waals surface area contributed by atoms with Crippen LogP contribution in [0.15, 0.2) is 150 Å². The van der Waals surface area contributed by atoms with Crippen molar-refractivity contribution in [3.63, 3.8) is 0 Å². The summed E-state index contributed by atoms with van der Waals surface area (Å²) in [6.45, 7) is 17.5. The first-order valence-corrected chi connectivity index (χ1v) is 19.9.